The summed E-state index contributed by atoms with van der Waals surface area (Å²) < 4.78 is 7.54. The van der Waals surface area contributed by atoms with Crippen molar-refractivity contribution in [1.82, 2.24) is 19.3 Å². The third-order valence-electron chi connectivity index (χ3n) is 4.67. The standard InChI is InChI=1S/C20H16N4O5/c1-11-21-17(29-22-11)13-5-3-12(4-6-13)10-24-18(25)15-9-14(19(26)27)7-8-16(15)23(2)20(24)28/h3-9H,10H2,1-2H3,(H,26,27). The second kappa shape index (κ2) is 6.86. The van der Waals surface area contributed by atoms with Crippen molar-refractivity contribution in [2.45, 2.75) is 13.5 Å². The van der Waals surface area contributed by atoms with Gasteiger partial charge < -0.3 is 9.63 Å². The Hall–Kier alpha value is -4.01. The SMILES string of the molecule is Cc1noc(-c2ccc(Cn3c(=O)c4cc(C(=O)O)ccc4n(C)c3=O)cc2)n1. The lowest BCUT2D eigenvalue weighted by molar-refractivity contribution is 0.0697. The Morgan fingerprint density at radius 2 is 1.86 bits per heavy atom. The van der Waals surface area contributed by atoms with Gasteiger partial charge in [-0.3, -0.25) is 13.9 Å². The zero-order chi connectivity index (χ0) is 20.7. The van der Waals surface area contributed by atoms with Crippen LogP contribution in [0.15, 0.2) is 56.6 Å². The fourth-order valence-electron chi connectivity index (χ4n) is 3.14. The molecule has 0 spiro atoms. The predicted molar refractivity (Wildman–Crippen MR) is 104 cm³/mol. The third-order valence-corrected chi connectivity index (χ3v) is 4.67. The Bertz CT molecular complexity index is 1360. The summed E-state index contributed by atoms with van der Waals surface area (Å²) >= 11 is 0. The number of nitrogens with zero attached hydrogens (tertiary/aromatic N) is 4. The Morgan fingerprint density at radius 3 is 2.48 bits per heavy atom. The van der Waals surface area contributed by atoms with E-state index in [1.54, 1.807) is 38.2 Å². The molecule has 4 aromatic rings. The van der Waals surface area contributed by atoms with Crippen LogP contribution < -0.4 is 11.2 Å². The van der Waals surface area contributed by atoms with Crippen LogP contribution in [-0.4, -0.2) is 30.4 Å². The smallest absolute Gasteiger partial charge is 0.335 e. The van der Waals surface area contributed by atoms with Gasteiger partial charge >= 0.3 is 11.7 Å². The van der Waals surface area contributed by atoms with Crippen molar-refractivity contribution in [3.63, 3.8) is 0 Å². The number of benzene rings is 2. The van der Waals surface area contributed by atoms with Gasteiger partial charge in [-0.2, -0.15) is 4.98 Å². The normalized spacial score (nSPS) is 11.1. The average molecular weight is 392 g/mol. The summed E-state index contributed by atoms with van der Waals surface area (Å²) in [6.07, 6.45) is 0. The van der Waals surface area contributed by atoms with E-state index >= 15 is 0 Å². The van der Waals surface area contributed by atoms with E-state index < -0.39 is 17.2 Å². The molecule has 0 saturated carbocycles. The lowest BCUT2D eigenvalue weighted by Gasteiger charge is -2.11. The summed E-state index contributed by atoms with van der Waals surface area (Å²) in [5.41, 5.74) is 0.782. The fourth-order valence-corrected chi connectivity index (χ4v) is 3.14. The highest BCUT2D eigenvalue weighted by Gasteiger charge is 2.14. The van der Waals surface area contributed by atoms with Crippen LogP contribution in [0, 0.1) is 6.92 Å². The van der Waals surface area contributed by atoms with Gasteiger partial charge in [-0.15, -0.1) is 0 Å². The van der Waals surface area contributed by atoms with Crippen molar-refractivity contribution in [3.8, 4) is 11.5 Å². The molecule has 9 nitrogen and oxygen atoms in total. The minimum Gasteiger partial charge on any atom is -0.478 e. The van der Waals surface area contributed by atoms with Gasteiger partial charge in [0.15, 0.2) is 5.82 Å². The topological polar surface area (TPSA) is 120 Å². The summed E-state index contributed by atoms with van der Waals surface area (Å²) in [4.78, 5) is 41.0. The first kappa shape index (κ1) is 18.4. The van der Waals surface area contributed by atoms with Crippen molar-refractivity contribution < 1.29 is 14.4 Å². The van der Waals surface area contributed by atoms with Crippen LogP contribution in [0.2, 0.25) is 0 Å². The number of carbonyl (C=O) groups is 1. The monoisotopic (exact) mass is 392 g/mol. The molecule has 0 aliphatic carbocycles. The Labute approximate surface area is 163 Å². The van der Waals surface area contributed by atoms with Gasteiger partial charge in [-0.05, 0) is 42.8 Å². The summed E-state index contributed by atoms with van der Waals surface area (Å²) in [5, 5.41) is 13.1. The number of aryl methyl sites for hydroxylation is 2. The summed E-state index contributed by atoms with van der Waals surface area (Å²) in [6, 6.07) is 11.2. The first-order valence-electron chi connectivity index (χ1n) is 8.71. The number of rotatable bonds is 4. The molecule has 0 aliphatic heterocycles. The molecule has 0 fully saturated rings. The number of aromatic nitrogens is 4. The Kier molecular flexibility index (Phi) is 4.34. The summed E-state index contributed by atoms with van der Waals surface area (Å²) in [7, 11) is 1.54. The third kappa shape index (κ3) is 3.22. The van der Waals surface area contributed by atoms with E-state index in [9.17, 15) is 19.5 Å². The molecule has 1 N–H and O–H groups in total. The minimum absolute atomic E-state index is 0.0148. The molecule has 2 aromatic heterocycles. The maximum absolute atomic E-state index is 12.9. The molecule has 0 amide bonds. The number of hydrogen-bond donors (Lipinski definition) is 1. The van der Waals surface area contributed by atoms with Crippen LogP contribution in [0.1, 0.15) is 21.7 Å². The van der Waals surface area contributed by atoms with Crippen LogP contribution >= 0.6 is 0 Å². The number of carboxylic acid groups (broad SMARTS) is 1. The molecule has 146 valence electrons. The lowest BCUT2D eigenvalue weighted by Crippen LogP contribution is -2.39. The highest BCUT2D eigenvalue weighted by Crippen LogP contribution is 2.18. The fraction of sp³-hybridized carbons (Fsp3) is 0.150. The Morgan fingerprint density at radius 1 is 1.14 bits per heavy atom. The van der Waals surface area contributed by atoms with Gasteiger partial charge in [-0.25, -0.2) is 9.59 Å². The van der Waals surface area contributed by atoms with Crippen LogP contribution in [0.25, 0.3) is 22.4 Å². The molecule has 0 radical (unpaired) electrons. The van der Waals surface area contributed by atoms with Crippen LogP contribution in [0.3, 0.4) is 0 Å². The van der Waals surface area contributed by atoms with E-state index in [2.05, 4.69) is 10.1 Å². The molecule has 0 aliphatic rings. The average Bonchev–Trinajstić information content (AvgIpc) is 3.16. The van der Waals surface area contributed by atoms with Crippen molar-refractivity contribution in [2.75, 3.05) is 0 Å². The summed E-state index contributed by atoms with van der Waals surface area (Å²) in [6.45, 7) is 1.76. The zero-order valence-electron chi connectivity index (χ0n) is 15.6. The van der Waals surface area contributed by atoms with Gasteiger partial charge in [0, 0.05) is 12.6 Å². The molecule has 9 heteroatoms. The second-order valence-corrected chi connectivity index (χ2v) is 6.61. The van der Waals surface area contributed by atoms with Crippen molar-refractivity contribution >= 4 is 16.9 Å². The number of fused-ring (bicyclic) bond motifs is 1. The van der Waals surface area contributed by atoms with Crippen molar-refractivity contribution in [3.05, 3.63) is 80.3 Å². The zero-order valence-corrected chi connectivity index (χ0v) is 15.6. The number of hydrogen-bond acceptors (Lipinski definition) is 6. The maximum atomic E-state index is 12.9. The number of carboxylic acids is 1. The molecule has 4 rings (SSSR count). The molecule has 0 bridgehead atoms. The Balaban J connectivity index is 1.76. The quantitative estimate of drug-likeness (QED) is 0.562. The minimum atomic E-state index is -1.14. The maximum Gasteiger partial charge on any atom is 0.335 e. The van der Waals surface area contributed by atoms with Crippen LogP contribution in [0.5, 0.6) is 0 Å². The number of aromatic carboxylic acids is 1. The van der Waals surface area contributed by atoms with Gasteiger partial charge in [0.2, 0.25) is 0 Å². The largest absolute Gasteiger partial charge is 0.478 e. The molecule has 0 saturated heterocycles. The second-order valence-electron chi connectivity index (χ2n) is 6.61. The van der Waals surface area contributed by atoms with Crippen molar-refractivity contribution in [2.24, 2.45) is 7.05 Å². The van der Waals surface area contributed by atoms with E-state index in [1.165, 1.54) is 22.8 Å². The van der Waals surface area contributed by atoms with Crippen molar-refractivity contribution in [1.29, 1.82) is 0 Å². The van der Waals surface area contributed by atoms with Gasteiger partial charge in [0.1, 0.15) is 0 Å². The van der Waals surface area contributed by atoms with E-state index in [-0.39, 0.29) is 17.5 Å². The van der Waals surface area contributed by atoms with Gasteiger partial charge in [-0.1, -0.05) is 17.3 Å². The molecule has 0 atom stereocenters. The highest BCUT2D eigenvalue weighted by atomic mass is 16.5. The van der Waals surface area contributed by atoms with Gasteiger partial charge in [0.05, 0.1) is 23.0 Å². The molecular weight excluding hydrogens is 376 g/mol. The molecule has 2 aromatic carbocycles. The summed E-state index contributed by atoms with van der Waals surface area (Å²) in [5.74, 6) is -0.233. The van der Waals surface area contributed by atoms with Crippen LogP contribution in [-0.2, 0) is 13.6 Å². The molecule has 0 unspecified atom stereocenters. The highest BCUT2D eigenvalue weighted by molar-refractivity contribution is 5.93. The molecule has 29 heavy (non-hydrogen) atoms. The predicted octanol–water partition coefficient (Wildman–Crippen LogP) is 1.81. The van der Waals surface area contributed by atoms with Gasteiger partial charge in [0.25, 0.3) is 11.4 Å². The van der Waals surface area contributed by atoms with E-state index in [0.717, 1.165) is 15.7 Å². The molecule has 2 heterocycles. The van der Waals surface area contributed by atoms with E-state index in [0.29, 0.717) is 17.2 Å². The van der Waals surface area contributed by atoms with E-state index in [1.807, 2.05) is 0 Å². The molecular formula is C20H16N4O5. The first-order valence-corrected chi connectivity index (χ1v) is 8.71. The van der Waals surface area contributed by atoms with E-state index in [4.69, 9.17) is 4.52 Å². The lowest BCUT2D eigenvalue weighted by atomic mass is 10.1. The first-order chi connectivity index (χ1) is 13.8. The van der Waals surface area contributed by atoms with Crippen LogP contribution in [0.4, 0.5) is 0 Å².